The molecule has 0 spiro atoms. The molecule has 4 nitrogen and oxygen atoms in total. The molecule has 0 aliphatic heterocycles. The van der Waals surface area contributed by atoms with E-state index >= 15 is 0 Å². The summed E-state index contributed by atoms with van der Waals surface area (Å²) in [5.41, 5.74) is 6.80. The van der Waals surface area contributed by atoms with Gasteiger partial charge in [-0.1, -0.05) is 69.5 Å². The molecular weight excluding hydrogens is 517 g/mol. The number of halogens is 3. The van der Waals surface area contributed by atoms with E-state index in [0.717, 1.165) is 37.7 Å². The Bertz CT molecular complexity index is 1210. The van der Waals surface area contributed by atoms with Crippen LogP contribution in [0.5, 0.6) is 5.75 Å². The van der Waals surface area contributed by atoms with Crippen LogP contribution >= 0.6 is 50.5 Å². The number of rotatable bonds is 7. The van der Waals surface area contributed by atoms with Crippen molar-refractivity contribution in [1.82, 2.24) is 4.98 Å². The van der Waals surface area contributed by atoms with Gasteiger partial charge in [-0.15, -0.1) is 11.3 Å². The zero-order valence-corrected chi connectivity index (χ0v) is 20.0. The third-order valence-electron chi connectivity index (χ3n) is 4.27. The molecule has 1 heterocycles. The molecule has 156 valence electrons. The molecule has 1 aromatic heterocycles. The molecule has 1 N–H and O–H groups in total. The fourth-order valence-corrected chi connectivity index (χ4v) is 3.97. The van der Waals surface area contributed by atoms with E-state index in [1.807, 2.05) is 60.0 Å². The summed E-state index contributed by atoms with van der Waals surface area (Å²) in [6.45, 7) is 0.397. The molecule has 0 bridgehead atoms. The summed E-state index contributed by atoms with van der Waals surface area (Å²) in [4.78, 5) is 4.57. The molecule has 0 atom stereocenters. The second-order valence-electron chi connectivity index (χ2n) is 6.52. The van der Waals surface area contributed by atoms with Crippen molar-refractivity contribution in [1.29, 1.82) is 0 Å². The minimum absolute atomic E-state index is 0.397. The van der Waals surface area contributed by atoms with Crippen LogP contribution in [0.2, 0.25) is 10.0 Å². The molecule has 31 heavy (non-hydrogen) atoms. The Balaban J connectivity index is 1.35. The zero-order chi connectivity index (χ0) is 21.6. The molecule has 0 saturated carbocycles. The van der Waals surface area contributed by atoms with Crippen molar-refractivity contribution in [2.45, 2.75) is 6.61 Å². The Kier molecular flexibility index (Phi) is 7.25. The van der Waals surface area contributed by atoms with E-state index in [2.05, 4.69) is 31.4 Å². The first-order chi connectivity index (χ1) is 15.1. The van der Waals surface area contributed by atoms with E-state index in [4.69, 9.17) is 27.9 Å². The smallest absolute Gasteiger partial charge is 0.203 e. The standard InChI is InChI=1S/C23H16BrCl2N3OS/c24-18-7-5-17(6-8-18)22-14-31-23(28-22)29-27-12-15-2-1-3-19(10-15)30-13-16-4-9-20(25)21(26)11-16/h1-12,14H,13H2,(H,28,29)/b27-12-. The molecule has 0 fully saturated rings. The Morgan fingerprint density at radius 1 is 1.03 bits per heavy atom. The van der Waals surface area contributed by atoms with Gasteiger partial charge in [0.2, 0.25) is 5.13 Å². The van der Waals surface area contributed by atoms with Gasteiger partial charge >= 0.3 is 0 Å². The molecular formula is C23H16BrCl2N3OS. The molecule has 8 heteroatoms. The number of anilines is 1. The number of ether oxygens (including phenoxy) is 1. The molecule has 0 aliphatic carbocycles. The Hall–Kier alpha value is -2.38. The second-order valence-corrected chi connectivity index (χ2v) is 9.11. The summed E-state index contributed by atoms with van der Waals surface area (Å²) in [7, 11) is 0. The predicted molar refractivity (Wildman–Crippen MR) is 134 cm³/mol. The van der Waals surface area contributed by atoms with Gasteiger partial charge in [0.1, 0.15) is 12.4 Å². The molecule has 0 amide bonds. The Morgan fingerprint density at radius 3 is 2.68 bits per heavy atom. The first-order valence-corrected chi connectivity index (χ1v) is 11.7. The maximum atomic E-state index is 6.05. The molecule has 0 aliphatic rings. The minimum Gasteiger partial charge on any atom is -0.489 e. The van der Waals surface area contributed by atoms with Gasteiger partial charge in [0, 0.05) is 15.4 Å². The Morgan fingerprint density at radius 2 is 1.87 bits per heavy atom. The van der Waals surface area contributed by atoms with Crippen LogP contribution in [0.1, 0.15) is 11.1 Å². The average molecular weight is 533 g/mol. The van der Waals surface area contributed by atoms with Crippen molar-refractivity contribution >= 4 is 61.8 Å². The highest BCUT2D eigenvalue weighted by molar-refractivity contribution is 9.10. The van der Waals surface area contributed by atoms with Crippen molar-refractivity contribution in [2.75, 3.05) is 5.43 Å². The maximum absolute atomic E-state index is 6.05. The van der Waals surface area contributed by atoms with Crippen molar-refractivity contribution in [3.8, 4) is 17.0 Å². The lowest BCUT2D eigenvalue weighted by Crippen LogP contribution is -1.96. The lowest BCUT2D eigenvalue weighted by molar-refractivity contribution is 0.306. The lowest BCUT2D eigenvalue weighted by Gasteiger charge is -2.07. The van der Waals surface area contributed by atoms with Gasteiger partial charge in [0.25, 0.3) is 0 Å². The van der Waals surface area contributed by atoms with Crippen LogP contribution in [-0.4, -0.2) is 11.2 Å². The van der Waals surface area contributed by atoms with Gasteiger partial charge in [-0.2, -0.15) is 5.10 Å². The van der Waals surface area contributed by atoms with Crippen LogP contribution in [0.15, 0.2) is 81.7 Å². The van der Waals surface area contributed by atoms with Crippen molar-refractivity contribution in [3.63, 3.8) is 0 Å². The lowest BCUT2D eigenvalue weighted by atomic mass is 10.2. The van der Waals surface area contributed by atoms with Gasteiger partial charge in [-0.05, 0) is 47.5 Å². The number of hydrogen-bond donors (Lipinski definition) is 1. The van der Waals surface area contributed by atoms with Gasteiger partial charge in [-0.25, -0.2) is 4.98 Å². The van der Waals surface area contributed by atoms with Crippen molar-refractivity contribution in [3.05, 3.63) is 97.8 Å². The van der Waals surface area contributed by atoms with Crippen LogP contribution < -0.4 is 10.2 Å². The molecule has 0 unspecified atom stereocenters. The minimum atomic E-state index is 0.397. The number of thiazole rings is 1. The van der Waals surface area contributed by atoms with Crippen LogP contribution in [0.3, 0.4) is 0 Å². The van der Waals surface area contributed by atoms with E-state index < -0.39 is 0 Å². The largest absolute Gasteiger partial charge is 0.489 e. The van der Waals surface area contributed by atoms with Crippen molar-refractivity contribution in [2.24, 2.45) is 5.10 Å². The Labute approximate surface area is 202 Å². The summed E-state index contributed by atoms with van der Waals surface area (Å²) < 4.78 is 6.89. The molecule has 3 aromatic carbocycles. The van der Waals surface area contributed by atoms with E-state index in [1.165, 1.54) is 11.3 Å². The number of nitrogens with one attached hydrogen (secondary N) is 1. The summed E-state index contributed by atoms with van der Waals surface area (Å²) in [5.74, 6) is 0.738. The number of hydrazone groups is 1. The quantitative estimate of drug-likeness (QED) is 0.194. The molecule has 4 rings (SSSR count). The van der Waals surface area contributed by atoms with E-state index in [0.29, 0.717) is 16.7 Å². The highest BCUT2D eigenvalue weighted by Crippen LogP contribution is 2.26. The van der Waals surface area contributed by atoms with Gasteiger partial charge in [0.15, 0.2) is 0 Å². The van der Waals surface area contributed by atoms with Gasteiger partial charge in [-0.3, -0.25) is 5.43 Å². The topological polar surface area (TPSA) is 46.5 Å². The van der Waals surface area contributed by atoms with Crippen LogP contribution in [0.4, 0.5) is 5.13 Å². The van der Waals surface area contributed by atoms with Crippen LogP contribution in [0, 0.1) is 0 Å². The van der Waals surface area contributed by atoms with Gasteiger partial charge in [0.05, 0.1) is 22.0 Å². The molecule has 0 radical (unpaired) electrons. The highest BCUT2D eigenvalue weighted by Gasteiger charge is 2.04. The number of benzene rings is 3. The second kappa shape index (κ2) is 10.3. The van der Waals surface area contributed by atoms with E-state index in [-0.39, 0.29) is 0 Å². The normalized spacial score (nSPS) is 11.1. The molecule has 0 saturated heterocycles. The number of hydrogen-bond acceptors (Lipinski definition) is 5. The fraction of sp³-hybridized carbons (Fsp3) is 0.0435. The third kappa shape index (κ3) is 6.08. The summed E-state index contributed by atoms with van der Waals surface area (Å²) in [6.07, 6.45) is 1.73. The SMILES string of the molecule is Clc1ccc(COc2cccc(/C=N\Nc3nc(-c4ccc(Br)cc4)cs3)c2)cc1Cl. The third-order valence-corrected chi connectivity index (χ3v) is 6.28. The van der Waals surface area contributed by atoms with Crippen LogP contribution in [-0.2, 0) is 6.61 Å². The summed E-state index contributed by atoms with van der Waals surface area (Å²) in [5, 5.41) is 8.06. The number of nitrogens with zero attached hydrogens (tertiary/aromatic N) is 2. The molecule has 4 aromatic rings. The first-order valence-electron chi connectivity index (χ1n) is 9.24. The average Bonchev–Trinajstić information content (AvgIpc) is 3.24. The zero-order valence-electron chi connectivity index (χ0n) is 16.1. The van der Waals surface area contributed by atoms with Gasteiger partial charge < -0.3 is 4.74 Å². The summed E-state index contributed by atoms with van der Waals surface area (Å²) in [6, 6.07) is 21.2. The van der Waals surface area contributed by atoms with E-state index in [1.54, 1.807) is 18.3 Å². The van der Waals surface area contributed by atoms with E-state index in [9.17, 15) is 0 Å². The van der Waals surface area contributed by atoms with Crippen molar-refractivity contribution < 1.29 is 4.74 Å². The van der Waals surface area contributed by atoms with Crippen LogP contribution in [0.25, 0.3) is 11.3 Å². The number of aromatic nitrogens is 1. The highest BCUT2D eigenvalue weighted by atomic mass is 79.9. The predicted octanol–water partition coefficient (Wildman–Crippen LogP) is 7.90. The summed E-state index contributed by atoms with van der Waals surface area (Å²) >= 11 is 16.9. The fourth-order valence-electron chi connectivity index (χ4n) is 2.72. The first kappa shape index (κ1) is 21.8. The maximum Gasteiger partial charge on any atom is 0.203 e. The monoisotopic (exact) mass is 531 g/mol.